The minimum Gasteiger partial charge on any atom is -0.480 e. The second-order valence-corrected chi connectivity index (χ2v) is 5.51. The lowest BCUT2D eigenvalue weighted by Gasteiger charge is -2.30. The van der Waals surface area contributed by atoms with Gasteiger partial charge in [-0.05, 0) is 43.9 Å². The molecular weight excluding hydrogens is 250 g/mol. The van der Waals surface area contributed by atoms with Gasteiger partial charge in [-0.25, -0.2) is 4.79 Å². The number of carbonyl (C=O) groups is 2. The van der Waals surface area contributed by atoms with Crippen molar-refractivity contribution in [2.24, 2.45) is 0 Å². The zero-order valence-corrected chi connectivity index (χ0v) is 11.7. The maximum Gasteiger partial charge on any atom is 0.329 e. The average Bonchev–Trinajstić information content (AvgIpc) is 2.70. The van der Waals surface area contributed by atoms with Crippen LogP contribution in [0.3, 0.4) is 0 Å². The van der Waals surface area contributed by atoms with Crippen molar-refractivity contribution in [2.75, 3.05) is 7.05 Å². The van der Waals surface area contributed by atoms with Crippen LogP contribution in [0.25, 0.3) is 6.08 Å². The van der Waals surface area contributed by atoms with Gasteiger partial charge in [0.15, 0.2) is 0 Å². The molecule has 0 aromatic carbocycles. The van der Waals surface area contributed by atoms with Crippen LogP contribution >= 0.6 is 11.3 Å². The Morgan fingerprint density at radius 3 is 2.50 bits per heavy atom. The highest BCUT2D eigenvalue weighted by Crippen LogP contribution is 2.18. The number of nitrogens with zero attached hydrogens (tertiary/aromatic N) is 1. The van der Waals surface area contributed by atoms with Crippen molar-refractivity contribution in [3.63, 3.8) is 0 Å². The number of rotatable bonds is 4. The summed E-state index contributed by atoms with van der Waals surface area (Å²) in [5, 5.41) is 11.0. The van der Waals surface area contributed by atoms with Crippen molar-refractivity contribution in [3.8, 4) is 0 Å². The Bertz CT molecular complexity index is 488. The maximum atomic E-state index is 11.9. The number of carboxylic acids is 1. The molecule has 0 unspecified atom stereocenters. The lowest BCUT2D eigenvalue weighted by atomic mass is 10.0. The minimum absolute atomic E-state index is 0.324. The van der Waals surface area contributed by atoms with Crippen molar-refractivity contribution in [1.29, 1.82) is 0 Å². The van der Waals surface area contributed by atoms with E-state index in [-0.39, 0.29) is 5.91 Å². The van der Waals surface area contributed by atoms with Crippen molar-refractivity contribution in [3.05, 3.63) is 28.0 Å². The first kappa shape index (κ1) is 14.4. The molecule has 0 aliphatic rings. The van der Waals surface area contributed by atoms with Gasteiger partial charge in [0, 0.05) is 18.0 Å². The smallest absolute Gasteiger partial charge is 0.329 e. The average molecular weight is 267 g/mol. The molecule has 18 heavy (non-hydrogen) atoms. The first-order chi connectivity index (χ1) is 8.26. The van der Waals surface area contributed by atoms with E-state index in [2.05, 4.69) is 0 Å². The topological polar surface area (TPSA) is 57.6 Å². The van der Waals surface area contributed by atoms with Crippen LogP contribution in [0, 0.1) is 6.92 Å². The van der Waals surface area contributed by atoms with E-state index >= 15 is 0 Å². The number of hydrogen-bond acceptors (Lipinski definition) is 3. The van der Waals surface area contributed by atoms with Gasteiger partial charge < -0.3 is 10.0 Å². The standard InChI is InChI=1S/C13H17NO3S/c1-9-7-8-18-10(9)5-6-11(15)14(4)13(2,3)12(16)17/h5-8H,1-4H3,(H,16,17). The van der Waals surface area contributed by atoms with Gasteiger partial charge in [0.05, 0.1) is 0 Å². The summed E-state index contributed by atoms with van der Waals surface area (Å²) in [4.78, 5) is 25.1. The largest absolute Gasteiger partial charge is 0.480 e. The Hall–Kier alpha value is -1.62. The number of amides is 1. The normalized spacial score (nSPS) is 11.8. The molecule has 0 radical (unpaired) electrons. The monoisotopic (exact) mass is 267 g/mol. The SMILES string of the molecule is Cc1ccsc1C=CC(=O)N(C)C(C)(C)C(=O)O. The van der Waals surface area contributed by atoms with Crippen molar-refractivity contribution in [2.45, 2.75) is 26.3 Å². The first-order valence-electron chi connectivity index (χ1n) is 5.50. The molecule has 0 fully saturated rings. The van der Waals surface area contributed by atoms with E-state index in [1.165, 1.54) is 31.9 Å². The summed E-state index contributed by atoms with van der Waals surface area (Å²) in [6.07, 6.45) is 3.13. The maximum absolute atomic E-state index is 11.9. The fraction of sp³-hybridized carbons (Fsp3) is 0.385. The predicted molar refractivity (Wildman–Crippen MR) is 72.6 cm³/mol. The van der Waals surface area contributed by atoms with Gasteiger partial charge in [-0.3, -0.25) is 4.79 Å². The molecule has 0 saturated heterocycles. The fourth-order valence-electron chi connectivity index (χ4n) is 1.23. The molecule has 1 rings (SSSR count). The first-order valence-corrected chi connectivity index (χ1v) is 6.38. The molecule has 1 aromatic rings. The van der Waals surface area contributed by atoms with Crippen LogP contribution in [0.5, 0.6) is 0 Å². The second kappa shape index (κ2) is 5.35. The van der Waals surface area contributed by atoms with Gasteiger partial charge in [0.2, 0.25) is 5.91 Å². The Morgan fingerprint density at radius 2 is 2.06 bits per heavy atom. The Balaban J connectivity index is 2.81. The molecule has 0 atom stereocenters. The summed E-state index contributed by atoms with van der Waals surface area (Å²) in [6, 6.07) is 1.97. The summed E-state index contributed by atoms with van der Waals surface area (Å²) < 4.78 is 0. The minimum atomic E-state index is -1.22. The highest BCUT2D eigenvalue weighted by atomic mass is 32.1. The van der Waals surface area contributed by atoms with E-state index in [1.807, 2.05) is 18.4 Å². The summed E-state index contributed by atoms with van der Waals surface area (Å²) in [5.41, 5.74) is -0.115. The number of likely N-dealkylation sites (N-methyl/N-ethyl adjacent to an activating group) is 1. The Morgan fingerprint density at radius 1 is 1.44 bits per heavy atom. The molecule has 0 saturated carbocycles. The van der Waals surface area contributed by atoms with Crippen LogP contribution in [0.1, 0.15) is 24.3 Å². The van der Waals surface area contributed by atoms with E-state index in [1.54, 1.807) is 17.4 Å². The van der Waals surface area contributed by atoms with Crippen molar-refractivity contribution < 1.29 is 14.7 Å². The zero-order chi connectivity index (χ0) is 13.9. The Kier molecular flexibility index (Phi) is 4.29. The molecule has 0 spiro atoms. The Labute approximate surface area is 111 Å². The van der Waals surface area contributed by atoms with Crippen LogP contribution in [-0.2, 0) is 9.59 Å². The molecule has 5 heteroatoms. The summed E-state index contributed by atoms with van der Waals surface area (Å²) in [6.45, 7) is 4.96. The quantitative estimate of drug-likeness (QED) is 0.852. The molecule has 1 aromatic heterocycles. The van der Waals surface area contributed by atoms with Crippen LogP contribution in [0.4, 0.5) is 0 Å². The molecule has 1 N–H and O–H groups in total. The fourth-order valence-corrected chi connectivity index (χ4v) is 2.05. The number of aliphatic carboxylic acids is 1. The molecule has 0 bridgehead atoms. The molecule has 1 heterocycles. The van der Waals surface area contributed by atoms with E-state index in [4.69, 9.17) is 5.11 Å². The van der Waals surface area contributed by atoms with Crippen molar-refractivity contribution >= 4 is 29.3 Å². The summed E-state index contributed by atoms with van der Waals surface area (Å²) in [5.74, 6) is -1.35. The third kappa shape index (κ3) is 2.98. The second-order valence-electron chi connectivity index (χ2n) is 4.56. The molecular formula is C13H17NO3S. The number of carbonyl (C=O) groups excluding carboxylic acids is 1. The van der Waals surface area contributed by atoms with Gasteiger partial charge in [-0.15, -0.1) is 11.3 Å². The number of carboxylic acid groups (broad SMARTS) is 1. The number of aryl methyl sites for hydroxylation is 1. The summed E-state index contributed by atoms with van der Waals surface area (Å²) >= 11 is 1.54. The van der Waals surface area contributed by atoms with Crippen LogP contribution in [0.2, 0.25) is 0 Å². The molecule has 4 nitrogen and oxygen atoms in total. The highest BCUT2D eigenvalue weighted by Gasteiger charge is 2.34. The zero-order valence-electron chi connectivity index (χ0n) is 10.9. The van der Waals surface area contributed by atoms with E-state index < -0.39 is 11.5 Å². The number of hydrogen-bond donors (Lipinski definition) is 1. The lowest BCUT2D eigenvalue weighted by molar-refractivity contribution is -0.153. The van der Waals surface area contributed by atoms with Gasteiger partial charge in [-0.1, -0.05) is 0 Å². The molecule has 0 aliphatic carbocycles. The molecule has 1 amide bonds. The number of thiophene rings is 1. The van der Waals surface area contributed by atoms with Crippen LogP contribution in [-0.4, -0.2) is 34.5 Å². The third-order valence-electron chi connectivity index (χ3n) is 2.97. The van der Waals surface area contributed by atoms with Crippen LogP contribution in [0.15, 0.2) is 17.5 Å². The van der Waals surface area contributed by atoms with Crippen molar-refractivity contribution in [1.82, 2.24) is 4.90 Å². The molecule has 98 valence electrons. The predicted octanol–water partition coefficient (Wildman–Crippen LogP) is 2.39. The van der Waals surface area contributed by atoms with E-state index in [0.717, 1.165) is 10.4 Å². The highest BCUT2D eigenvalue weighted by molar-refractivity contribution is 7.11. The van der Waals surface area contributed by atoms with Gasteiger partial charge in [0.25, 0.3) is 0 Å². The van der Waals surface area contributed by atoms with E-state index in [0.29, 0.717) is 0 Å². The molecule has 0 aliphatic heterocycles. The van der Waals surface area contributed by atoms with Gasteiger partial charge in [-0.2, -0.15) is 0 Å². The van der Waals surface area contributed by atoms with Gasteiger partial charge >= 0.3 is 5.97 Å². The van der Waals surface area contributed by atoms with E-state index in [9.17, 15) is 9.59 Å². The third-order valence-corrected chi connectivity index (χ3v) is 3.96. The summed E-state index contributed by atoms with van der Waals surface area (Å²) in [7, 11) is 1.49. The van der Waals surface area contributed by atoms with Crippen LogP contribution < -0.4 is 0 Å². The van der Waals surface area contributed by atoms with Gasteiger partial charge in [0.1, 0.15) is 5.54 Å². The lowest BCUT2D eigenvalue weighted by Crippen LogP contribution is -2.50.